The van der Waals surface area contributed by atoms with E-state index in [4.69, 9.17) is 14.2 Å². The molecule has 1 aliphatic carbocycles. The van der Waals surface area contributed by atoms with Crippen molar-refractivity contribution in [1.29, 1.82) is 0 Å². The molecule has 58 heavy (non-hydrogen) atoms. The molecule has 6 aliphatic rings. The van der Waals surface area contributed by atoms with Gasteiger partial charge < -0.3 is 39.4 Å². The summed E-state index contributed by atoms with van der Waals surface area (Å²) in [6.07, 6.45) is 5.28. The first-order valence-corrected chi connectivity index (χ1v) is 20.8. The minimum absolute atomic E-state index is 0.117. The third kappa shape index (κ3) is 4.87. The summed E-state index contributed by atoms with van der Waals surface area (Å²) in [7, 11) is 4.80. The minimum Gasteiger partial charge on any atom is -0.496 e. The van der Waals surface area contributed by atoms with Gasteiger partial charge in [-0.25, -0.2) is 4.79 Å². The number of likely N-dealkylation sites (N-methyl/N-ethyl adjacent to an activating group) is 1. The summed E-state index contributed by atoms with van der Waals surface area (Å²) in [5.41, 5.74) is -2.12. The Morgan fingerprint density at radius 3 is 2.48 bits per heavy atom. The van der Waals surface area contributed by atoms with E-state index >= 15 is 4.79 Å². The van der Waals surface area contributed by atoms with E-state index in [0.717, 1.165) is 27.7 Å². The van der Waals surface area contributed by atoms with Crippen molar-refractivity contribution in [3.05, 3.63) is 70.9 Å². The van der Waals surface area contributed by atoms with Crippen LogP contribution in [0, 0.1) is 11.3 Å². The predicted molar refractivity (Wildman–Crippen MR) is 216 cm³/mol. The number of nitrogens with one attached hydrogen (secondary N) is 1. The first-order chi connectivity index (χ1) is 27.7. The Hall–Kier alpha value is -4.43. The topological polar surface area (TPSA) is 165 Å². The Balaban J connectivity index is 1.37. The number of carboxylic acid groups (broad SMARTS) is 1. The maximum absolute atomic E-state index is 15.3. The van der Waals surface area contributed by atoms with Crippen LogP contribution in [0.4, 0.5) is 5.69 Å². The van der Waals surface area contributed by atoms with Crippen LogP contribution in [-0.2, 0) is 41.1 Å². The van der Waals surface area contributed by atoms with Gasteiger partial charge in [-0.15, -0.1) is 0 Å². The lowest BCUT2D eigenvalue weighted by Gasteiger charge is -2.63. The van der Waals surface area contributed by atoms with Crippen molar-refractivity contribution in [2.75, 3.05) is 58.9 Å². The van der Waals surface area contributed by atoms with Gasteiger partial charge in [-0.1, -0.05) is 44.2 Å². The molecule has 13 heteroatoms. The molecule has 1 saturated carbocycles. The van der Waals surface area contributed by atoms with Gasteiger partial charge in [0.15, 0.2) is 0 Å². The molecular weight excluding hydrogens is 741 g/mol. The maximum atomic E-state index is 15.3. The Bertz CT molecular complexity index is 2240. The van der Waals surface area contributed by atoms with Gasteiger partial charge in [0.05, 0.1) is 25.9 Å². The fourth-order valence-electron chi connectivity index (χ4n) is 13.4. The number of aliphatic hydroxyl groups excluding tert-OH is 1. The molecule has 13 nitrogen and oxygen atoms in total. The molecule has 310 valence electrons. The highest BCUT2D eigenvalue weighted by Gasteiger charge is 2.80. The molecule has 10 atom stereocenters. The van der Waals surface area contributed by atoms with Crippen molar-refractivity contribution in [3.8, 4) is 5.75 Å². The van der Waals surface area contributed by atoms with Crippen molar-refractivity contribution in [2.24, 2.45) is 11.3 Å². The Morgan fingerprint density at radius 1 is 1.02 bits per heavy atom. The zero-order valence-electron chi connectivity index (χ0n) is 34.3. The average molecular weight is 797 g/mol. The van der Waals surface area contributed by atoms with E-state index in [0.29, 0.717) is 88.2 Å². The van der Waals surface area contributed by atoms with E-state index in [-0.39, 0.29) is 12.0 Å². The molecule has 2 saturated heterocycles. The number of aliphatic hydroxyl groups is 2. The number of carbonyl (C=O) groups excluding carboxylic acids is 2. The third-order valence-corrected chi connectivity index (χ3v) is 15.5. The summed E-state index contributed by atoms with van der Waals surface area (Å²) in [6, 6.07) is 10.6. The highest BCUT2D eigenvalue weighted by Crippen LogP contribution is 2.68. The van der Waals surface area contributed by atoms with Crippen LogP contribution in [0.25, 0.3) is 10.9 Å². The number of methoxy groups -OCH3 is 2. The second-order valence-electron chi connectivity index (χ2n) is 18.0. The molecule has 2 bridgehead atoms. The van der Waals surface area contributed by atoms with Gasteiger partial charge in [-0.05, 0) is 74.2 Å². The number of ether oxygens (including phenoxy) is 3. The number of H-pyrrole nitrogens is 1. The van der Waals surface area contributed by atoms with Crippen LogP contribution in [0.3, 0.4) is 0 Å². The van der Waals surface area contributed by atoms with Gasteiger partial charge in [0, 0.05) is 90.9 Å². The highest BCUT2D eigenvalue weighted by atomic mass is 16.6. The van der Waals surface area contributed by atoms with Crippen LogP contribution in [-0.4, -0.2) is 131 Å². The number of esters is 2. The molecule has 0 amide bonds. The predicted octanol–water partition coefficient (Wildman–Crippen LogP) is 3.90. The number of fused-ring (bicyclic) bond motifs is 6. The van der Waals surface area contributed by atoms with Gasteiger partial charge in [-0.2, -0.15) is 0 Å². The van der Waals surface area contributed by atoms with E-state index < -0.39 is 57.5 Å². The zero-order chi connectivity index (χ0) is 41.2. The van der Waals surface area contributed by atoms with Crippen molar-refractivity contribution >= 4 is 34.5 Å². The molecule has 4 N–H and O–H groups in total. The monoisotopic (exact) mass is 796 g/mol. The molecule has 3 aromatic rings. The molecule has 1 spiro atoms. The van der Waals surface area contributed by atoms with E-state index in [1.807, 2.05) is 55.2 Å². The second kappa shape index (κ2) is 13.3. The Labute approximate surface area is 338 Å². The van der Waals surface area contributed by atoms with E-state index in [9.17, 15) is 24.9 Å². The summed E-state index contributed by atoms with van der Waals surface area (Å²) < 4.78 is 18.3. The fraction of sp³-hybridized carbons (Fsp3) is 0.578. The van der Waals surface area contributed by atoms with E-state index in [2.05, 4.69) is 26.9 Å². The second-order valence-corrected chi connectivity index (χ2v) is 18.0. The van der Waals surface area contributed by atoms with Crippen LogP contribution in [0.2, 0.25) is 0 Å². The molecule has 0 radical (unpaired) electrons. The van der Waals surface area contributed by atoms with E-state index in [1.54, 1.807) is 14.2 Å². The number of para-hydroxylation sites is 1. The normalized spacial score (nSPS) is 37.4. The number of rotatable bonds is 7. The lowest BCUT2D eigenvalue weighted by atomic mass is 9.47. The van der Waals surface area contributed by atoms with Crippen LogP contribution >= 0.6 is 0 Å². The number of carbonyl (C=O) groups is 3. The largest absolute Gasteiger partial charge is 0.496 e. The number of aromatic amines is 1. The summed E-state index contributed by atoms with van der Waals surface area (Å²) in [5.74, 6) is -2.37. The molecule has 6 heterocycles. The number of hydrogen-bond acceptors (Lipinski definition) is 11. The standard InChI is InChI=1S/C45H56N4O9/c1-7-41(55)22-27-23-44(40(54)57-6,35-29(14-18-48(24-27)25-41)28-12-9-10-13-32(28)46-35)31-20-30-33(21-34(31)56-5)47(4)37-43(30)16-19-49-17-11-15-42(8-2,36(43)49)38(51)45(37,39(52)53)58-26(3)50/h9-13,15,20-21,27,36-38,46,51,55H,7-8,14,16-19,22-25H2,1-6H3,(H,52,53). The number of benzene rings is 2. The number of carboxylic acids is 1. The first-order valence-electron chi connectivity index (χ1n) is 20.8. The number of nitrogens with zero attached hydrogens (tertiary/aromatic N) is 3. The SMILES string of the molecule is CCC1(O)CC2CN(CCc3c([nH]c4ccccc34)C(C(=O)OC)(c3cc4c(cc3OC)N(C)C3C(OC(C)=O)(C(=O)O)C(O)C5(CC)C=CCN6CCC43C65)C2)C1. The van der Waals surface area contributed by atoms with Crippen molar-refractivity contribution in [3.63, 3.8) is 0 Å². The number of aromatic nitrogens is 1. The van der Waals surface area contributed by atoms with Crippen molar-refractivity contribution in [2.45, 2.75) is 99.5 Å². The minimum atomic E-state index is -2.35. The average Bonchev–Trinajstić information content (AvgIpc) is 3.87. The summed E-state index contributed by atoms with van der Waals surface area (Å²) in [6.45, 7) is 8.32. The third-order valence-electron chi connectivity index (χ3n) is 15.5. The fourth-order valence-corrected chi connectivity index (χ4v) is 13.4. The maximum Gasteiger partial charge on any atom is 0.353 e. The summed E-state index contributed by atoms with van der Waals surface area (Å²) in [4.78, 5) is 52.6. The summed E-state index contributed by atoms with van der Waals surface area (Å²) in [5, 5.41) is 37.0. The molecule has 3 fully saturated rings. The number of anilines is 1. The lowest BCUT2D eigenvalue weighted by Crippen LogP contribution is -2.81. The van der Waals surface area contributed by atoms with Crippen LogP contribution in [0.1, 0.15) is 75.3 Å². The first kappa shape index (κ1) is 39.1. The van der Waals surface area contributed by atoms with Gasteiger partial charge in [0.25, 0.3) is 5.60 Å². The van der Waals surface area contributed by atoms with Crippen LogP contribution in [0.15, 0.2) is 48.6 Å². The van der Waals surface area contributed by atoms with Crippen LogP contribution in [0.5, 0.6) is 5.75 Å². The van der Waals surface area contributed by atoms with E-state index in [1.165, 1.54) is 14.0 Å². The van der Waals surface area contributed by atoms with Crippen molar-refractivity contribution in [1.82, 2.24) is 14.8 Å². The van der Waals surface area contributed by atoms with Gasteiger partial charge >= 0.3 is 17.9 Å². The number of aliphatic carboxylic acids is 1. The van der Waals surface area contributed by atoms with Crippen LogP contribution < -0.4 is 9.64 Å². The van der Waals surface area contributed by atoms with Crippen molar-refractivity contribution < 1.29 is 43.9 Å². The Morgan fingerprint density at radius 2 is 1.79 bits per heavy atom. The summed E-state index contributed by atoms with van der Waals surface area (Å²) >= 11 is 0. The zero-order valence-corrected chi connectivity index (χ0v) is 34.3. The molecule has 2 aromatic carbocycles. The quantitative estimate of drug-likeness (QED) is 0.202. The van der Waals surface area contributed by atoms with Gasteiger partial charge in [0.1, 0.15) is 17.3 Å². The molecular formula is C45H56N4O9. The number of piperidine rings is 1. The number of hydrogen-bond donors (Lipinski definition) is 4. The van der Waals surface area contributed by atoms with Gasteiger partial charge in [-0.3, -0.25) is 19.4 Å². The molecule has 5 aliphatic heterocycles. The highest BCUT2D eigenvalue weighted by molar-refractivity contribution is 5.95. The van der Waals surface area contributed by atoms with Gasteiger partial charge in [0.2, 0.25) is 0 Å². The molecule has 1 aromatic heterocycles. The smallest absolute Gasteiger partial charge is 0.353 e. The lowest BCUT2D eigenvalue weighted by molar-refractivity contribution is -0.229. The molecule has 9 rings (SSSR count). The Kier molecular flexibility index (Phi) is 8.95. The molecule has 10 unspecified atom stereocenters.